The summed E-state index contributed by atoms with van der Waals surface area (Å²) in [5.74, 6) is 0.0140. The first kappa shape index (κ1) is 14.0. The molecule has 0 aliphatic heterocycles. The molecule has 0 aliphatic carbocycles. The van der Waals surface area contributed by atoms with Gasteiger partial charge in [0, 0.05) is 0 Å². The molecule has 0 spiro atoms. The number of hydrogen-bond acceptors (Lipinski definition) is 5. The van der Waals surface area contributed by atoms with E-state index in [1.54, 1.807) is 12.4 Å². The standard InChI is InChI=1S/C15H15N5O2/c1-9-3-4-12(22-6-13(16)21)11(5-9)20-8-19-14-10(2)17-7-18-15(14)20/h3-5,7-8H,6H2,1-2H3,(H2,16,21). The second-order valence-electron chi connectivity index (χ2n) is 4.97. The van der Waals surface area contributed by atoms with E-state index < -0.39 is 5.91 Å². The molecule has 112 valence electrons. The lowest BCUT2D eigenvalue weighted by Gasteiger charge is -2.12. The van der Waals surface area contributed by atoms with Crippen LogP contribution in [0.25, 0.3) is 16.9 Å². The van der Waals surface area contributed by atoms with Gasteiger partial charge in [0.1, 0.15) is 23.9 Å². The minimum absolute atomic E-state index is 0.184. The molecule has 2 N–H and O–H groups in total. The van der Waals surface area contributed by atoms with E-state index in [0.29, 0.717) is 11.4 Å². The molecule has 0 bridgehead atoms. The van der Waals surface area contributed by atoms with E-state index in [1.807, 2.05) is 30.5 Å². The van der Waals surface area contributed by atoms with Gasteiger partial charge in [0.25, 0.3) is 5.91 Å². The van der Waals surface area contributed by atoms with Gasteiger partial charge in [-0.15, -0.1) is 0 Å². The number of imidazole rings is 1. The van der Waals surface area contributed by atoms with Gasteiger partial charge in [0.2, 0.25) is 0 Å². The van der Waals surface area contributed by atoms with Gasteiger partial charge < -0.3 is 10.5 Å². The fourth-order valence-electron chi connectivity index (χ4n) is 2.21. The number of nitrogens with two attached hydrogens (primary N) is 1. The number of amides is 1. The quantitative estimate of drug-likeness (QED) is 0.783. The van der Waals surface area contributed by atoms with Crippen molar-refractivity contribution in [2.75, 3.05) is 6.61 Å². The molecular weight excluding hydrogens is 282 g/mol. The summed E-state index contributed by atoms with van der Waals surface area (Å²) in [6.07, 6.45) is 3.16. The number of benzene rings is 1. The molecule has 2 aromatic heterocycles. The Labute approximate surface area is 126 Å². The van der Waals surface area contributed by atoms with Gasteiger partial charge in [-0.25, -0.2) is 15.0 Å². The van der Waals surface area contributed by atoms with E-state index in [0.717, 1.165) is 22.5 Å². The average Bonchev–Trinajstić information content (AvgIpc) is 2.91. The molecule has 0 aliphatic rings. The van der Waals surface area contributed by atoms with Crippen LogP contribution in [0.2, 0.25) is 0 Å². The summed E-state index contributed by atoms with van der Waals surface area (Å²) >= 11 is 0. The van der Waals surface area contributed by atoms with Crippen LogP contribution in [0.5, 0.6) is 5.75 Å². The lowest BCUT2D eigenvalue weighted by atomic mass is 10.2. The number of primary amides is 1. The number of carbonyl (C=O) groups excluding carboxylic acids is 1. The number of hydrogen-bond donors (Lipinski definition) is 1. The van der Waals surface area contributed by atoms with Crippen LogP contribution in [0, 0.1) is 13.8 Å². The lowest BCUT2D eigenvalue weighted by Crippen LogP contribution is -2.20. The van der Waals surface area contributed by atoms with Crippen molar-refractivity contribution in [3.63, 3.8) is 0 Å². The number of rotatable bonds is 4. The summed E-state index contributed by atoms with van der Waals surface area (Å²) in [7, 11) is 0. The van der Waals surface area contributed by atoms with Gasteiger partial charge in [0.05, 0.1) is 11.4 Å². The van der Waals surface area contributed by atoms with Crippen molar-refractivity contribution in [3.05, 3.63) is 42.1 Å². The Morgan fingerprint density at radius 2 is 2.09 bits per heavy atom. The molecule has 7 nitrogen and oxygen atoms in total. The molecule has 1 amide bonds. The normalized spacial score (nSPS) is 10.8. The third-order valence-corrected chi connectivity index (χ3v) is 3.26. The summed E-state index contributed by atoms with van der Waals surface area (Å²) < 4.78 is 7.30. The Morgan fingerprint density at radius 3 is 2.86 bits per heavy atom. The lowest BCUT2D eigenvalue weighted by molar-refractivity contribution is -0.119. The molecule has 0 radical (unpaired) electrons. The smallest absolute Gasteiger partial charge is 0.255 e. The molecular formula is C15H15N5O2. The first-order chi connectivity index (χ1) is 10.6. The van der Waals surface area contributed by atoms with E-state index in [2.05, 4.69) is 15.0 Å². The topological polar surface area (TPSA) is 95.9 Å². The minimum Gasteiger partial charge on any atom is -0.482 e. The first-order valence-electron chi connectivity index (χ1n) is 6.73. The van der Waals surface area contributed by atoms with E-state index in [-0.39, 0.29) is 6.61 Å². The third kappa shape index (κ3) is 2.48. The Kier molecular flexibility index (Phi) is 3.46. The molecule has 2 heterocycles. The molecule has 0 fully saturated rings. The predicted octanol–water partition coefficient (Wildman–Crippen LogP) is 1.30. The van der Waals surface area contributed by atoms with Gasteiger partial charge in [-0.1, -0.05) is 6.07 Å². The largest absolute Gasteiger partial charge is 0.482 e. The summed E-state index contributed by atoms with van der Waals surface area (Å²) in [5.41, 5.74) is 9.16. The van der Waals surface area contributed by atoms with Crippen molar-refractivity contribution in [1.82, 2.24) is 19.5 Å². The Bertz CT molecular complexity index is 856. The number of ether oxygens (including phenoxy) is 1. The molecule has 22 heavy (non-hydrogen) atoms. The molecule has 0 atom stereocenters. The Morgan fingerprint density at radius 1 is 1.27 bits per heavy atom. The molecule has 7 heteroatoms. The fraction of sp³-hybridized carbons (Fsp3) is 0.200. The zero-order valence-electron chi connectivity index (χ0n) is 12.3. The van der Waals surface area contributed by atoms with Crippen molar-refractivity contribution >= 4 is 17.1 Å². The van der Waals surface area contributed by atoms with Gasteiger partial charge in [0.15, 0.2) is 12.3 Å². The maximum atomic E-state index is 11.0. The molecule has 3 rings (SSSR count). The van der Waals surface area contributed by atoms with Crippen molar-refractivity contribution < 1.29 is 9.53 Å². The average molecular weight is 297 g/mol. The van der Waals surface area contributed by atoms with Crippen LogP contribution in [-0.4, -0.2) is 32.0 Å². The SMILES string of the molecule is Cc1ccc(OCC(N)=O)c(-n2cnc3c(C)ncnc32)c1. The van der Waals surface area contributed by atoms with Crippen molar-refractivity contribution in [2.24, 2.45) is 5.73 Å². The zero-order valence-corrected chi connectivity index (χ0v) is 12.3. The fourth-order valence-corrected chi connectivity index (χ4v) is 2.21. The monoisotopic (exact) mass is 297 g/mol. The number of fused-ring (bicyclic) bond motifs is 1. The second kappa shape index (κ2) is 5.44. The van der Waals surface area contributed by atoms with E-state index in [9.17, 15) is 4.79 Å². The highest BCUT2D eigenvalue weighted by Gasteiger charge is 2.13. The van der Waals surface area contributed by atoms with Crippen LogP contribution >= 0.6 is 0 Å². The highest BCUT2D eigenvalue weighted by Crippen LogP contribution is 2.27. The Hall–Kier alpha value is -2.96. The minimum atomic E-state index is -0.528. The summed E-state index contributed by atoms with van der Waals surface area (Å²) in [6, 6.07) is 5.64. The number of nitrogens with zero attached hydrogens (tertiary/aromatic N) is 4. The van der Waals surface area contributed by atoms with Gasteiger partial charge >= 0.3 is 0 Å². The third-order valence-electron chi connectivity index (χ3n) is 3.26. The van der Waals surface area contributed by atoms with Crippen LogP contribution in [-0.2, 0) is 4.79 Å². The van der Waals surface area contributed by atoms with Crippen LogP contribution in [0.15, 0.2) is 30.9 Å². The highest BCUT2D eigenvalue weighted by atomic mass is 16.5. The van der Waals surface area contributed by atoms with Crippen LogP contribution in [0.4, 0.5) is 0 Å². The summed E-state index contributed by atoms with van der Waals surface area (Å²) in [6.45, 7) is 3.67. The molecule has 3 aromatic rings. The molecule has 0 saturated heterocycles. The molecule has 1 aromatic carbocycles. The molecule has 0 unspecified atom stereocenters. The van der Waals surface area contributed by atoms with Gasteiger partial charge in [-0.2, -0.15) is 0 Å². The maximum absolute atomic E-state index is 11.0. The predicted molar refractivity (Wildman–Crippen MR) is 80.8 cm³/mol. The van der Waals surface area contributed by atoms with E-state index >= 15 is 0 Å². The van der Waals surface area contributed by atoms with E-state index in [1.165, 1.54) is 6.33 Å². The second-order valence-corrected chi connectivity index (χ2v) is 4.97. The van der Waals surface area contributed by atoms with Crippen molar-refractivity contribution in [2.45, 2.75) is 13.8 Å². The van der Waals surface area contributed by atoms with Gasteiger partial charge in [-0.3, -0.25) is 9.36 Å². The molecule has 0 saturated carbocycles. The maximum Gasteiger partial charge on any atom is 0.255 e. The number of aryl methyl sites for hydroxylation is 2. The van der Waals surface area contributed by atoms with Gasteiger partial charge in [-0.05, 0) is 31.5 Å². The number of carbonyl (C=O) groups is 1. The summed E-state index contributed by atoms with van der Waals surface area (Å²) in [5, 5.41) is 0. The first-order valence-corrected chi connectivity index (χ1v) is 6.73. The van der Waals surface area contributed by atoms with Crippen molar-refractivity contribution in [1.29, 1.82) is 0 Å². The van der Waals surface area contributed by atoms with E-state index in [4.69, 9.17) is 10.5 Å². The van der Waals surface area contributed by atoms with Crippen LogP contribution < -0.4 is 10.5 Å². The highest BCUT2D eigenvalue weighted by molar-refractivity contribution is 5.77. The van der Waals surface area contributed by atoms with Crippen LogP contribution in [0.1, 0.15) is 11.3 Å². The van der Waals surface area contributed by atoms with Crippen molar-refractivity contribution in [3.8, 4) is 11.4 Å². The number of aromatic nitrogens is 4. The summed E-state index contributed by atoms with van der Waals surface area (Å²) in [4.78, 5) is 23.7. The van der Waals surface area contributed by atoms with Crippen LogP contribution in [0.3, 0.4) is 0 Å². The Balaban J connectivity index is 2.15. The zero-order chi connectivity index (χ0) is 15.7.